The number of piperidine rings is 1. The van der Waals surface area contributed by atoms with E-state index in [0.717, 1.165) is 44.1 Å². The van der Waals surface area contributed by atoms with Crippen molar-refractivity contribution in [3.8, 4) is 0 Å². The lowest BCUT2D eigenvalue weighted by Gasteiger charge is -2.36. The van der Waals surface area contributed by atoms with Gasteiger partial charge in [0.25, 0.3) is 0 Å². The number of carbonyl (C=O) groups is 2. The van der Waals surface area contributed by atoms with Gasteiger partial charge in [-0.3, -0.25) is 4.79 Å². The van der Waals surface area contributed by atoms with Gasteiger partial charge in [0.05, 0.1) is 11.4 Å². The molecular formula is C21H29F3N4O3. The molecule has 7 nitrogen and oxygen atoms in total. The SMILES string of the molecule is CCN1CCN(c2ccccc2NC(=O)C2CCN(C(=O)OCC(F)(F)F)CC2)CC1. The van der Waals surface area contributed by atoms with Crippen molar-refractivity contribution < 1.29 is 27.5 Å². The molecule has 0 spiro atoms. The number of hydrogen-bond donors (Lipinski definition) is 1. The Morgan fingerprint density at radius 1 is 1.06 bits per heavy atom. The van der Waals surface area contributed by atoms with Crippen LogP contribution in [0.1, 0.15) is 19.8 Å². The van der Waals surface area contributed by atoms with Crippen LogP contribution in [-0.4, -0.2) is 80.4 Å². The van der Waals surface area contributed by atoms with Crippen LogP contribution in [0.5, 0.6) is 0 Å². The van der Waals surface area contributed by atoms with Crippen molar-refractivity contribution in [1.82, 2.24) is 9.80 Å². The van der Waals surface area contributed by atoms with Crippen molar-refractivity contribution in [1.29, 1.82) is 0 Å². The third-order valence-electron chi connectivity index (χ3n) is 5.81. The number of benzene rings is 1. The van der Waals surface area contributed by atoms with E-state index in [9.17, 15) is 22.8 Å². The Balaban J connectivity index is 1.52. The van der Waals surface area contributed by atoms with E-state index in [1.807, 2.05) is 24.3 Å². The zero-order valence-corrected chi connectivity index (χ0v) is 17.7. The van der Waals surface area contributed by atoms with Crippen LogP contribution in [-0.2, 0) is 9.53 Å². The fourth-order valence-electron chi connectivity index (χ4n) is 3.95. The van der Waals surface area contributed by atoms with Crippen LogP contribution in [0, 0.1) is 5.92 Å². The fraction of sp³-hybridized carbons (Fsp3) is 0.619. The summed E-state index contributed by atoms with van der Waals surface area (Å²) in [4.78, 5) is 30.4. The molecule has 0 radical (unpaired) electrons. The summed E-state index contributed by atoms with van der Waals surface area (Å²) in [6.07, 6.45) is -4.79. The molecule has 2 heterocycles. The highest BCUT2D eigenvalue weighted by molar-refractivity contribution is 5.96. The molecule has 2 aliphatic heterocycles. The van der Waals surface area contributed by atoms with Crippen molar-refractivity contribution >= 4 is 23.4 Å². The molecular weight excluding hydrogens is 413 g/mol. The molecule has 0 atom stereocenters. The Kier molecular flexibility index (Phi) is 7.64. The number of ether oxygens (including phenoxy) is 1. The number of alkyl halides is 3. The van der Waals surface area contributed by atoms with Gasteiger partial charge in [-0.2, -0.15) is 13.2 Å². The number of amides is 2. The predicted octanol–water partition coefficient (Wildman–Crippen LogP) is 3.18. The van der Waals surface area contributed by atoms with E-state index in [1.165, 1.54) is 4.90 Å². The number of para-hydroxylation sites is 2. The lowest BCUT2D eigenvalue weighted by Crippen LogP contribution is -2.46. The molecule has 0 unspecified atom stereocenters. The standard InChI is InChI=1S/C21H29F3N4O3/c1-2-26-11-13-27(14-12-26)18-6-4-3-5-17(18)25-19(29)16-7-9-28(10-8-16)20(30)31-15-21(22,23)24/h3-6,16H,2,7-15H2,1H3,(H,25,29). The molecule has 1 N–H and O–H groups in total. The first-order chi connectivity index (χ1) is 14.8. The largest absolute Gasteiger partial charge is 0.440 e. The van der Waals surface area contributed by atoms with Crippen LogP contribution in [0.2, 0.25) is 0 Å². The molecule has 1 aromatic rings. The smallest absolute Gasteiger partial charge is 0.422 e. The van der Waals surface area contributed by atoms with Gasteiger partial charge in [-0.15, -0.1) is 0 Å². The van der Waals surface area contributed by atoms with Crippen LogP contribution in [0.25, 0.3) is 0 Å². The molecule has 10 heteroatoms. The first-order valence-electron chi connectivity index (χ1n) is 10.6. The number of nitrogens with one attached hydrogen (secondary N) is 1. The highest BCUT2D eigenvalue weighted by Gasteiger charge is 2.33. The zero-order chi connectivity index (χ0) is 22.4. The minimum atomic E-state index is -4.55. The monoisotopic (exact) mass is 442 g/mol. The highest BCUT2D eigenvalue weighted by Crippen LogP contribution is 2.28. The van der Waals surface area contributed by atoms with Crippen molar-refractivity contribution in [3.05, 3.63) is 24.3 Å². The summed E-state index contributed by atoms with van der Waals surface area (Å²) in [7, 11) is 0. The number of carbonyl (C=O) groups excluding carboxylic acids is 2. The minimum absolute atomic E-state index is 0.136. The number of rotatable bonds is 5. The number of piperazine rings is 1. The van der Waals surface area contributed by atoms with Gasteiger partial charge >= 0.3 is 12.3 Å². The van der Waals surface area contributed by atoms with Gasteiger partial charge in [0.2, 0.25) is 5.91 Å². The second-order valence-corrected chi connectivity index (χ2v) is 7.86. The fourth-order valence-corrected chi connectivity index (χ4v) is 3.95. The maximum atomic E-state index is 12.8. The number of likely N-dealkylation sites (tertiary alicyclic amines) is 1. The third-order valence-corrected chi connectivity index (χ3v) is 5.81. The number of nitrogens with zero attached hydrogens (tertiary/aromatic N) is 3. The molecule has 2 saturated heterocycles. The molecule has 0 aliphatic carbocycles. The van der Waals surface area contributed by atoms with Gasteiger partial charge in [-0.05, 0) is 31.5 Å². The number of likely N-dealkylation sites (N-methyl/N-ethyl adjacent to an activating group) is 1. The van der Waals surface area contributed by atoms with Crippen LogP contribution < -0.4 is 10.2 Å². The van der Waals surface area contributed by atoms with Gasteiger partial charge in [0.1, 0.15) is 0 Å². The number of hydrogen-bond acceptors (Lipinski definition) is 5. The second kappa shape index (κ2) is 10.2. The van der Waals surface area contributed by atoms with Crippen molar-refractivity contribution in [2.24, 2.45) is 5.92 Å². The summed E-state index contributed by atoms with van der Waals surface area (Å²) < 4.78 is 40.9. The van der Waals surface area contributed by atoms with E-state index < -0.39 is 18.9 Å². The molecule has 0 bridgehead atoms. The van der Waals surface area contributed by atoms with E-state index in [1.54, 1.807) is 0 Å². The third kappa shape index (κ3) is 6.49. The first-order valence-corrected chi connectivity index (χ1v) is 10.6. The Morgan fingerprint density at radius 2 is 1.71 bits per heavy atom. The summed E-state index contributed by atoms with van der Waals surface area (Å²) in [5, 5.41) is 3.01. The molecule has 3 rings (SSSR count). The number of halogens is 3. The topological polar surface area (TPSA) is 65.1 Å². The highest BCUT2D eigenvalue weighted by atomic mass is 19.4. The van der Waals surface area contributed by atoms with Gasteiger partial charge in [-0.25, -0.2) is 4.79 Å². The number of anilines is 2. The van der Waals surface area contributed by atoms with E-state index in [2.05, 4.69) is 26.8 Å². The first kappa shape index (κ1) is 23.2. The van der Waals surface area contributed by atoms with Gasteiger partial charge in [-0.1, -0.05) is 19.1 Å². The minimum Gasteiger partial charge on any atom is -0.440 e. The van der Waals surface area contributed by atoms with E-state index in [4.69, 9.17) is 0 Å². The Labute approximate surface area is 180 Å². The van der Waals surface area contributed by atoms with Crippen LogP contribution in [0.3, 0.4) is 0 Å². The predicted molar refractivity (Wildman–Crippen MR) is 111 cm³/mol. The molecule has 0 aromatic heterocycles. The van der Waals surface area contributed by atoms with Crippen LogP contribution >= 0.6 is 0 Å². The van der Waals surface area contributed by atoms with E-state index in [0.29, 0.717) is 12.8 Å². The lowest BCUT2D eigenvalue weighted by molar-refractivity contribution is -0.162. The maximum Gasteiger partial charge on any atom is 0.422 e. The summed E-state index contributed by atoms with van der Waals surface area (Å²) in [5.41, 5.74) is 1.74. The van der Waals surface area contributed by atoms with E-state index >= 15 is 0 Å². The molecule has 172 valence electrons. The Hall–Kier alpha value is -2.49. The van der Waals surface area contributed by atoms with Crippen LogP contribution in [0.15, 0.2) is 24.3 Å². The summed E-state index contributed by atoms with van der Waals surface area (Å²) in [6.45, 7) is 5.67. The average molecular weight is 442 g/mol. The molecule has 2 aliphatic rings. The zero-order valence-electron chi connectivity index (χ0n) is 17.7. The van der Waals surface area contributed by atoms with Gasteiger partial charge in [0.15, 0.2) is 6.61 Å². The Bertz CT molecular complexity index is 758. The molecule has 2 amide bonds. The normalized spacial score (nSPS) is 18.7. The van der Waals surface area contributed by atoms with E-state index in [-0.39, 0.29) is 24.9 Å². The molecule has 31 heavy (non-hydrogen) atoms. The Morgan fingerprint density at radius 3 is 2.32 bits per heavy atom. The second-order valence-electron chi connectivity index (χ2n) is 7.86. The van der Waals surface area contributed by atoms with Crippen molar-refractivity contribution in [2.75, 3.05) is 62.6 Å². The summed E-state index contributed by atoms with van der Waals surface area (Å²) in [5.74, 6) is -0.445. The maximum absolute atomic E-state index is 12.8. The van der Waals surface area contributed by atoms with Crippen LogP contribution in [0.4, 0.5) is 29.3 Å². The van der Waals surface area contributed by atoms with Gasteiger partial charge < -0.3 is 24.8 Å². The average Bonchev–Trinajstić information content (AvgIpc) is 2.77. The lowest BCUT2D eigenvalue weighted by atomic mass is 9.96. The van der Waals surface area contributed by atoms with Crippen molar-refractivity contribution in [3.63, 3.8) is 0 Å². The summed E-state index contributed by atoms with van der Waals surface area (Å²) >= 11 is 0. The van der Waals surface area contributed by atoms with Crippen molar-refractivity contribution in [2.45, 2.75) is 25.9 Å². The molecule has 2 fully saturated rings. The molecule has 0 saturated carbocycles. The molecule has 1 aromatic carbocycles. The summed E-state index contributed by atoms with van der Waals surface area (Å²) in [6, 6.07) is 7.70. The van der Waals surface area contributed by atoms with Gasteiger partial charge in [0, 0.05) is 45.2 Å². The quantitative estimate of drug-likeness (QED) is 0.759.